The fraction of sp³-hybridized carbons (Fsp3) is 0.421. The molecule has 1 amide bonds. The van der Waals surface area contributed by atoms with Gasteiger partial charge in [0.1, 0.15) is 5.56 Å². The van der Waals surface area contributed by atoms with Gasteiger partial charge < -0.3 is 4.90 Å². The minimum absolute atomic E-state index is 0.0220. The van der Waals surface area contributed by atoms with E-state index in [1.807, 2.05) is 13.8 Å². The molecular formula is C19H19F3N4OS. The van der Waals surface area contributed by atoms with E-state index in [0.29, 0.717) is 4.88 Å². The second-order valence-electron chi connectivity index (χ2n) is 7.14. The first kappa shape index (κ1) is 18.9. The predicted molar refractivity (Wildman–Crippen MR) is 100 cm³/mol. The Balaban J connectivity index is 1.88. The van der Waals surface area contributed by atoms with E-state index in [1.54, 1.807) is 22.4 Å². The van der Waals surface area contributed by atoms with Crippen molar-refractivity contribution in [3.8, 4) is 10.6 Å². The molecule has 5 nitrogen and oxygen atoms in total. The van der Waals surface area contributed by atoms with Gasteiger partial charge in [-0.05, 0) is 50.6 Å². The molecule has 2 atom stereocenters. The fourth-order valence-electron chi connectivity index (χ4n) is 3.83. The van der Waals surface area contributed by atoms with Crippen LogP contribution >= 0.6 is 11.3 Å². The van der Waals surface area contributed by atoms with Crippen LogP contribution in [0, 0.1) is 0 Å². The summed E-state index contributed by atoms with van der Waals surface area (Å²) < 4.78 is 41.7. The van der Waals surface area contributed by atoms with Crippen LogP contribution in [0.5, 0.6) is 0 Å². The first-order chi connectivity index (χ1) is 13.3. The molecule has 0 bridgehead atoms. The van der Waals surface area contributed by atoms with Crippen molar-refractivity contribution in [3.05, 3.63) is 41.0 Å². The van der Waals surface area contributed by atoms with Crippen molar-refractivity contribution >= 4 is 22.9 Å². The summed E-state index contributed by atoms with van der Waals surface area (Å²) in [4.78, 5) is 19.9. The van der Waals surface area contributed by atoms with E-state index in [-0.39, 0.29) is 34.9 Å². The van der Waals surface area contributed by atoms with Crippen LogP contribution in [0.3, 0.4) is 0 Å². The number of rotatable bonds is 2. The van der Waals surface area contributed by atoms with E-state index in [1.165, 1.54) is 17.5 Å². The number of fused-ring (bicyclic) bond motifs is 1. The third-order valence-electron chi connectivity index (χ3n) is 5.19. The molecule has 4 heterocycles. The summed E-state index contributed by atoms with van der Waals surface area (Å²) in [6.45, 7) is 3.93. The third kappa shape index (κ3) is 3.17. The lowest BCUT2D eigenvalue weighted by atomic mass is 9.97. The highest BCUT2D eigenvalue weighted by molar-refractivity contribution is 7.13. The highest BCUT2D eigenvalue weighted by Gasteiger charge is 2.37. The maximum Gasteiger partial charge on any atom is 0.433 e. The second kappa shape index (κ2) is 6.88. The Morgan fingerprint density at radius 1 is 1.25 bits per heavy atom. The second-order valence-corrected chi connectivity index (χ2v) is 8.08. The molecule has 2 unspecified atom stereocenters. The highest BCUT2D eigenvalue weighted by Crippen LogP contribution is 2.34. The number of aromatic nitrogens is 3. The first-order valence-electron chi connectivity index (χ1n) is 9.10. The molecule has 4 rings (SSSR count). The molecule has 0 N–H and O–H groups in total. The molecule has 1 aliphatic heterocycles. The van der Waals surface area contributed by atoms with Gasteiger partial charge in [-0.2, -0.15) is 18.3 Å². The Labute approximate surface area is 163 Å². The zero-order valence-corrected chi connectivity index (χ0v) is 16.2. The number of alkyl halides is 3. The number of amides is 1. The van der Waals surface area contributed by atoms with E-state index < -0.39 is 11.9 Å². The first-order valence-corrected chi connectivity index (χ1v) is 9.98. The van der Waals surface area contributed by atoms with Gasteiger partial charge in [0.2, 0.25) is 0 Å². The van der Waals surface area contributed by atoms with Crippen LogP contribution in [-0.4, -0.2) is 37.5 Å². The Morgan fingerprint density at radius 2 is 1.96 bits per heavy atom. The molecule has 1 saturated heterocycles. The molecule has 3 aromatic rings. The van der Waals surface area contributed by atoms with E-state index in [9.17, 15) is 18.0 Å². The fourth-order valence-corrected chi connectivity index (χ4v) is 4.51. The number of carbonyl (C=O) groups is 1. The number of nitrogens with zero attached hydrogens (tertiary/aromatic N) is 4. The number of halogens is 3. The Kier molecular flexibility index (Phi) is 4.65. The maximum absolute atomic E-state index is 13.6. The Bertz CT molecular complexity index is 1000. The predicted octanol–water partition coefficient (Wildman–Crippen LogP) is 4.88. The summed E-state index contributed by atoms with van der Waals surface area (Å²) in [6.07, 6.45) is -0.648. The standard InChI is InChI=1S/C19H19F3N4OS/c1-11-5-3-6-12(2)25(11)18(27)13-10-23-26-16(19(20,21)22)9-14(24-17(13)26)15-7-4-8-28-15/h4,7-12H,3,5-6H2,1-2H3. The van der Waals surface area contributed by atoms with Crippen molar-refractivity contribution in [1.29, 1.82) is 0 Å². The maximum atomic E-state index is 13.6. The van der Waals surface area contributed by atoms with Crippen LogP contribution in [0.4, 0.5) is 13.2 Å². The molecule has 0 spiro atoms. The van der Waals surface area contributed by atoms with Crippen molar-refractivity contribution in [3.63, 3.8) is 0 Å². The van der Waals surface area contributed by atoms with Gasteiger partial charge in [-0.15, -0.1) is 11.3 Å². The lowest BCUT2D eigenvalue weighted by Crippen LogP contribution is -2.47. The van der Waals surface area contributed by atoms with Crippen molar-refractivity contribution in [2.45, 2.75) is 51.4 Å². The molecule has 0 radical (unpaired) electrons. The van der Waals surface area contributed by atoms with Gasteiger partial charge in [0, 0.05) is 12.1 Å². The molecule has 1 aliphatic rings. The SMILES string of the molecule is CC1CCCC(C)N1C(=O)c1cnn2c(C(F)(F)F)cc(-c3cccs3)nc12. The Morgan fingerprint density at radius 3 is 2.57 bits per heavy atom. The summed E-state index contributed by atoms with van der Waals surface area (Å²) in [5.74, 6) is -0.321. The van der Waals surface area contributed by atoms with Gasteiger partial charge in [0.05, 0.1) is 16.8 Å². The highest BCUT2D eigenvalue weighted by atomic mass is 32.1. The van der Waals surface area contributed by atoms with Gasteiger partial charge in [-0.25, -0.2) is 9.50 Å². The number of thiophene rings is 1. The van der Waals surface area contributed by atoms with Crippen LogP contribution < -0.4 is 0 Å². The van der Waals surface area contributed by atoms with Gasteiger partial charge in [0.15, 0.2) is 11.3 Å². The van der Waals surface area contributed by atoms with Gasteiger partial charge in [-0.1, -0.05) is 6.07 Å². The third-order valence-corrected chi connectivity index (χ3v) is 6.09. The van der Waals surface area contributed by atoms with E-state index in [2.05, 4.69) is 10.1 Å². The van der Waals surface area contributed by atoms with E-state index in [0.717, 1.165) is 29.8 Å². The molecule has 9 heteroatoms. The largest absolute Gasteiger partial charge is 0.433 e. The molecule has 0 saturated carbocycles. The van der Waals surface area contributed by atoms with Gasteiger partial charge in [-0.3, -0.25) is 4.79 Å². The Hall–Kier alpha value is -2.42. The summed E-state index contributed by atoms with van der Waals surface area (Å²) in [5, 5.41) is 5.64. The normalized spacial score (nSPS) is 20.7. The molecule has 0 aromatic carbocycles. The molecule has 0 aliphatic carbocycles. The van der Waals surface area contributed by atoms with Crippen LogP contribution in [0.2, 0.25) is 0 Å². The van der Waals surface area contributed by atoms with Crippen molar-refractivity contribution in [2.24, 2.45) is 0 Å². The van der Waals surface area contributed by atoms with Crippen LogP contribution in [0.25, 0.3) is 16.2 Å². The molecule has 148 valence electrons. The minimum atomic E-state index is -4.62. The van der Waals surface area contributed by atoms with Crippen LogP contribution in [0.15, 0.2) is 29.8 Å². The van der Waals surface area contributed by atoms with E-state index >= 15 is 0 Å². The van der Waals surface area contributed by atoms with Crippen molar-refractivity contribution in [1.82, 2.24) is 19.5 Å². The number of hydrogen-bond donors (Lipinski definition) is 0. The summed E-state index contributed by atoms with van der Waals surface area (Å²) in [7, 11) is 0. The van der Waals surface area contributed by atoms with Crippen molar-refractivity contribution in [2.75, 3.05) is 0 Å². The van der Waals surface area contributed by atoms with Crippen LogP contribution in [0.1, 0.15) is 49.2 Å². The molecule has 3 aromatic heterocycles. The number of likely N-dealkylation sites (tertiary alicyclic amines) is 1. The summed E-state index contributed by atoms with van der Waals surface area (Å²) in [6, 6.07) is 4.48. The van der Waals surface area contributed by atoms with Gasteiger partial charge in [0.25, 0.3) is 5.91 Å². The van der Waals surface area contributed by atoms with E-state index in [4.69, 9.17) is 0 Å². The average molecular weight is 408 g/mol. The van der Waals surface area contributed by atoms with Gasteiger partial charge >= 0.3 is 6.18 Å². The molecule has 1 fully saturated rings. The quantitative estimate of drug-likeness (QED) is 0.607. The molecule has 28 heavy (non-hydrogen) atoms. The zero-order valence-electron chi connectivity index (χ0n) is 15.4. The number of piperidine rings is 1. The zero-order chi connectivity index (χ0) is 20.1. The minimum Gasteiger partial charge on any atom is -0.333 e. The monoisotopic (exact) mass is 408 g/mol. The topological polar surface area (TPSA) is 50.5 Å². The average Bonchev–Trinajstić information content (AvgIpc) is 3.29. The summed E-state index contributed by atoms with van der Waals surface area (Å²) >= 11 is 1.29. The lowest BCUT2D eigenvalue weighted by Gasteiger charge is -2.38. The number of hydrogen-bond acceptors (Lipinski definition) is 4. The van der Waals surface area contributed by atoms with Crippen molar-refractivity contribution < 1.29 is 18.0 Å². The smallest absolute Gasteiger partial charge is 0.333 e. The lowest BCUT2D eigenvalue weighted by molar-refractivity contribution is -0.142. The number of carbonyl (C=O) groups excluding carboxylic acids is 1. The molecular weight excluding hydrogens is 389 g/mol. The summed E-state index contributed by atoms with van der Waals surface area (Å²) in [5.41, 5.74) is -0.721. The van der Waals surface area contributed by atoms with Crippen LogP contribution in [-0.2, 0) is 6.18 Å².